The van der Waals surface area contributed by atoms with E-state index in [1.54, 1.807) is 0 Å². The summed E-state index contributed by atoms with van der Waals surface area (Å²) in [6.07, 6.45) is 3.46. The van der Waals surface area contributed by atoms with Crippen molar-refractivity contribution in [1.29, 1.82) is 0 Å². The summed E-state index contributed by atoms with van der Waals surface area (Å²) in [5, 5.41) is 9.64. The summed E-state index contributed by atoms with van der Waals surface area (Å²) >= 11 is 0. The maximum atomic E-state index is 12.2. The fourth-order valence-corrected chi connectivity index (χ4v) is 3.21. The fourth-order valence-electron chi connectivity index (χ4n) is 3.21. The van der Waals surface area contributed by atoms with E-state index >= 15 is 0 Å². The topological polar surface area (TPSA) is 43.8 Å². The van der Waals surface area contributed by atoms with E-state index in [2.05, 4.69) is 13.8 Å². The van der Waals surface area contributed by atoms with Crippen molar-refractivity contribution in [1.82, 2.24) is 9.80 Å². The molecule has 2 unspecified atom stereocenters. The van der Waals surface area contributed by atoms with Crippen LogP contribution in [0.4, 0.5) is 0 Å². The highest BCUT2D eigenvalue weighted by molar-refractivity contribution is 5.79. The summed E-state index contributed by atoms with van der Waals surface area (Å²) in [6, 6.07) is 0.737. The van der Waals surface area contributed by atoms with Crippen molar-refractivity contribution >= 4 is 5.91 Å². The SMILES string of the molecule is CC1CCCC(C)N1C(=O)CN1CC(C)(O)C1. The van der Waals surface area contributed by atoms with E-state index in [-0.39, 0.29) is 5.91 Å². The van der Waals surface area contributed by atoms with Crippen molar-refractivity contribution in [3.8, 4) is 0 Å². The first-order chi connectivity index (χ1) is 7.89. The monoisotopic (exact) mass is 240 g/mol. The molecule has 0 bridgehead atoms. The zero-order valence-electron chi connectivity index (χ0n) is 11.1. The van der Waals surface area contributed by atoms with Gasteiger partial charge in [0.25, 0.3) is 0 Å². The van der Waals surface area contributed by atoms with Gasteiger partial charge in [-0.2, -0.15) is 0 Å². The third-order valence-electron chi connectivity index (χ3n) is 3.97. The Bertz CT molecular complexity index is 286. The number of hydrogen-bond acceptors (Lipinski definition) is 3. The summed E-state index contributed by atoms with van der Waals surface area (Å²) in [4.78, 5) is 16.3. The first-order valence-corrected chi connectivity index (χ1v) is 6.65. The maximum absolute atomic E-state index is 12.2. The summed E-state index contributed by atoms with van der Waals surface area (Å²) in [7, 11) is 0. The molecule has 2 heterocycles. The molecule has 2 aliphatic heterocycles. The van der Waals surface area contributed by atoms with Crippen LogP contribution in [0.2, 0.25) is 0 Å². The van der Waals surface area contributed by atoms with Crippen LogP contribution in [0, 0.1) is 0 Å². The molecule has 1 N–H and O–H groups in total. The van der Waals surface area contributed by atoms with Crippen molar-refractivity contribution in [3.05, 3.63) is 0 Å². The average molecular weight is 240 g/mol. The molecule has 0 aliphatic carbocycles. The number of β-amino-alcohol motifs (C(OH)–C–C–N with tert-alkyl or cyclic N) is 1. The zero-order chi connectivity index (χ0) is 12.6. The molecule has 0 saturated carbocycles. The number of likely N-dealkylation sites (tertiary alicyclic amines) is 2. The van der Waals surface area contributed by atoms with Crippen molar-refractivity contribution in [2.45, 2.75) is 57.7 Å². The Morgan fingerprint density at radius 1 is 1.29 bits per heavy atom. The van der Waals surface area contributed by atoms with Gasteiger partial charge < -0.3 is 10.0 Å². The molecule has 4 heteroatoms. The van der Waals surface area contributed by atoms with Crippen molar-refractivity contribution in [2.75, 3.05) is 19.6 Å². The molecule has 0 aromatic rings. The molecule has 0 aromatic heterocycles. The minimum absolute atomic E-state index is 0.222. The van der Waals surface area contributed by atoms with Crippen LogP contribution in [0.25, 0.3) is 0 Å². The minimum atomic E-state index is -0.584. The van der Waals surface area contributed by atoms with E-state index < -0.39 is 5.60 Å². The summed E-state index contributed by atoms with van der Waals surface area (Å²) in [5.74, 6) is 0.222. The van der Waals surface area contributed by atoms with Crippen LogP contribution < -0.4 is 0 Å². The second-order valence-electron chi connectivity index (χ2n) is 6.07. The van der Waals surface area contributed by atoms with Crippen molar-refractivity contribution in [3.63, 3.8) is 0 Å². The standard InChI is InChI=1S/C13H24N2O2/c1-10-5-4-6-11(2)15(10)12(16)7-14-8-13(3,17)9-14/h10-11,17H,4-9H2,1-3H3. The molecule has 2 rings (SSSR count). The van der Waals surface area contributed by atoms with E-state index in [4.69, 9.17) is 0 Å². The Morgan fingerprint density at radius 2 is 1.82 bits per heavy atom. The van der Waals surface area contributed by atoms with Crippen LogP contribution in [0.1, 0.15) is 40.0 Å². The van der Waals surface area contributed by atoms with Gasteiger partial charge in [-0.1, -0.05) is 0 Å². The molecule has 2 fully saturated rings. The third-order valence-corrected chi connectivity index (χ3v) is 3.97. The molecular weight excluding hydrogens is 216 g/mol. The number of nitrogens with zero attached hydrogens (tertiary/aromatic N) is 2. The first-order valence-electron chi connectivity index (χ1n) is 6.65. The Hall–Kier alpha value is -0.610. The van der Waals surface area contributed by atoms with Gasteiger partial charge in [-0.05, 0) is 40.0 Å². The van der Waals surface area contributed by atoms with Gasteiger partial charge in [0.15, 0.2) is 0 Å². The van der Waals surface area contributed by atoms with Crippen molar-refractivity contribution in [2.24, 2.45) is 0 Å². The molecule has 1 amide bonds. The zero-order valence-corrected chi connectivity index (χ0v) is 11.1. The normalized spacial score (nSPS) is 33.3. The Kier molecular flexibility index (Phi) is 3.46. The second-order valence-corrected chi connectivity index (χ2v) is 6.07. The highest BCUT2D eigenvalue weighted by Gasteiger charge is 2.39. The van der Waals surface area contributed by atoms with Gasteiger partial charge in [0.05, 0.1) is 12.1 Å². The number of carbonyl (C=O) groups is 1. The Balaban J connectivity index is 1.87. The lowest BCUT2D eigenvalue weighted by Crippen LogP contribution is -2.62. The number of rotatable bonds is 2. The molecule has 2 saturated heterocycles. The molecule has 2 aliphatic rings. The van der Waals surface area contributed by atoms with E-state index in [9.17, 15) is 9.90 Å². The smallest absolute Gasteiger partial charge is 0.237 e. The van der Waals surface area contributed by atoms with Crippen LogP contribution in [-0.4, -0.2) is 58.1 Å². The predicted molar refractivity (Wildman–Crippen MR) is 66.7 cm³/mol. The Morgan fingerprint density at radius 3 is 2.29 bits per heavy atom. The lowest BCUT2D eigenvalue weighted by Gasteiger charge is -2.46. The number of amides is 1. The van der Waals surface area contributed by atoms with Crippen LogP contribution in [-0.2, 0) is 4.79 Å². The van der Waals surface area contributed by atoms with E-state index in [1.807, 2.05) is 16.7 Å². The molecule has 2 atom stereocenters. The first kappa shape index (κ1) is 12.8. The third kappa shape index (κ3) is 2.80. The molecule has 17 heavy (non-hydrogen) atoms. The van der Waals surface area contributed by atoms with Crippen molar-refractivity contribution < 1.29 is 9.90 Å². The minimum Gasteiger partial charge on any atom is -0.388 e. The summed E-state index contributed by atoms with van der Waals surface area (Å²) in [5.41, 5.74) is -0.584. The quantitative estimate of drug-likeness (QED) is 0.778. The molecular formula is C13H24N2O2. The number of piperidine rings is 1. The number of aliphatic hydroxyl groups is 1. The van der Waals surface area contributed by atoms with Crippen LogP contribution in [0.3, 0.4) is 0 Å². The highest BCUT2D eigenvalue weighted by Crippen LogP contribution is 2.24. The highest BCUT2D eigenvalue weighted by atomic mass is 16.3. The van der Waals surface area contributed by atoms with E-state index in [0.717, 1.165) is 12.8 Å². The molecule has 4 nitrogen and oxygen atoms in total. The molecule has 0 radical (unpaired) electrons. The van der Waals surface area contributed by atoms with Gasteiger partial charge >= 0.3 is 0 Å². The number of hydrogen-bond donors (Lipinski definition) is 1. The maximum Gasteiger partial charge on any atom is 0.237 e. The van der Waals surface area contributed by atoms with Gasteiger partial charge in [-0.25, -0.2) is 0 Å². The van der Waals surface area contributed by atoms with Crippen LogP contribution in [0.5, 0.6) is 0 Å². The van der Waals surface area contributed by atoms with E-state index in [1.165, 1.54) is 6.42 Å². The summed E-state index contributed by atoms with van der Waals surface area (Å²) < 4.78 is 0. The van der Waals surface area contributed by atoms with Crippen LogP contribution in [0.15, 0.2) is 0 Å². The lowest BCUT2D eigenvalue weighted by atomic mass is 9.95. The second kappa shape index (κ2) is 4.58. The largest absolute Gasteiger partial charge is 0.388 e. The van der Waals surface area contributed by atoms with E-state index in [0.29, 0.717) is 31.7 Å². The van der Waals surface area contributed by atoms with Gasteiger partial charge in [-0.15, -0.1) is 0 Å². The predicted octanol–water partition coefficient (Wildman–Crippen LogP) is 0.843. The molecule has 0 spiro atoms. The Labute approximate surface area is 104 Å². The molecule has 0 aromatic carbocycles. The van der Waals surface area contributed by atoms with Gasteiger partial charge in [-0.3, -0.25) is 9.69 Å². The van der Waals surface area contributed by atoms with Crippen LogP contribution >= 0.6 is 0 Å². The fraction of sp³-hybridized carbons (Fsp3) is 0.923. The van der Waals surface area contributed by atoms with Gasteiger partial charge in [0.2, 0.25) is 5.91 Å². The number of carbonyl (C=O) groups excluding carboxylic acids is 1. The summed E-state index contributed by atoms with van der Waals surface area (Å²) in [6.45, 7) is 7.80. The van der Waals surface area contributed by atoms with Gasteiger partial charge in [0, 0.05) is 25.2 Å². The molecule has 98 valence electrons. The average Bonchev–Trinajstić information content (AvgIpc) is 2.14. The lowest BCUT2D eigenvalue weighted by molar-refractivity contribution is -0.145. The van der Waals surface area contributed by atoms with Gasteiger partial charge in [0.1, 0.15) is 0 Å².